The summed E-state index contributed by atoms with van der Waals surface area (Å²) in [5.41, 5.74) is 1.10. The lowest BCUT2D eigenvalue weighted by Crippen LogP contribution is -2.41. The Morgan fingerprint density at radius 1 is 1.08 bits per heavy atom. The van der Waals surface area contributed by atoms with Crippen molar-refractivity contribution in [1.82, 2.24) is 4.72 Å². The molecule has 0 aromatic heterocycles. The van der Waals surface area contributed by atoms with Gasteiger partial charge >= 0.3 is 11.9 Å². The molecule has 0 radical (unpaired) electrons. The van der Waals surface area contributed by atoms with Crippen LogP contribution < -0.4 is 4.72 Å². The van der Waals surface area contributed by atoms with E-state index in [1.54, 1.807) is 12.1 Å². The molecule has 1 aliphatic rings. The molecule has 0 heterocycles. The number of carbonyl (C=O) groups is 2. The number of nitrogens with one attached hydrogen (secondary N) is 1. The van der Waals surface area contributed by atoms with Crippen molar-refractivity contribution in [3.05, 3.63) is 29.8 Å². The predicted molar refractivity (Wildman–Crippen MR) is 90.9 cm³/mol. The molecule has 0 spiro atoms. The van der Waals surface area contributed by atoms with Crippen molar-refractivity contribution < 1.29 is 28.2 Å². The minimum atomic E-state index is -4.02. The zero-order chi connectivity index (χ0) is 18.4. The molecule has 1 aliphatic carbocycles. The number of carboxylic acid groups (broad SMARTS) is 2. The van der Waals surface area contributed by atoms with Gasteiger partial charge in [-0.05, 0) is 42.9 Å². The van der Waals surface area contributed by atoms with Crippen LogP contribution in [0.2, 0.25) is 0 Å². The number of sulfonamides is 1. The maximum atomic E-state index is 12.4. The first-order valence-corrected chi connectivity index (χ1v) is 9.85. The highest BCUT2D eigenvalue weighted by molar-refractivity contribution is 7.89. The summed E-state index contributed by atoms with van der Waals surface area (Å²) in [6, 6.07) is 5.03. The molecule has 1 fully saturated rings. The maximum absolute atomic E-state index is 12.4. The molecule has 0 aliphatic heterocycles. The van der Waals surface area contributed by atoms with Crippen molar-refractivity contribution >= 4 is 22.0 Å². The number of aliphatic carboxylic acids is 2. The van der Waals surface area contributed by atoms with Gasteiger partial charge in [0, 0.05) is 6.42 Å². The molecule has 1 aromatic carbocycles. The molecule has 2 rings (SSSR count). The fourth-order valence-corrected chi connectivity index (χ4v) is 4.33. The first kappa shape index (κ1) is 19.4. The van der Waals surface area contributed by atoms with E-state index in [2.05, 4.69) is 4.72 Å². The normalized spacial score (nSPS) is 17.1. The van der Waals surface area contributed by atoms with Crippen molar-refractivity contribution in [3.8, 4) is 0 Å². The molecule has 1 saturated carbocycles. The van der Waals surface area contributed by atoms with E-state index in [0.29, 0.717) is 5.92 Å². The minimum absolute atomic E-state index is 0.0198. The number of hydrogen-bond acceptors (Lipinski definition) is 4. The molecule has 138 valence electrons. The van der Waals surface area contributed by atoms with Crippen molar-refractivity contribution in [2.75, 3.05) is 0 Å². The third kappa shape index (κ3) is 5.54. The quantitative estimate of drug-likeness (QED) is 0.647. The Morgan fingerprint density at radius 3 is 2.20 bits per heavy atom. The van der Waals surface area contributed by atoms with Gasteiger partial charge in [-0.25, -0.2) is 8.42 Å². The van der Waals surface area contributed by atoms with Crippen LogP contribution in [0.3, 0.4) is 0 Å². The average molecular weight is 369 g/mol. The molecule has 7 nitrogen and oxygen atoms in total. The van der Waals surface area contributed by atoms with E-state index in [1.807, 2.05) is 0 Å². The third-order valence-corrected chi connectivity index (χ3v) is 6.00. The van der Waals surface area contributed by atoms with Gasteiger partial charge in [0.1, 0.15) is 6.04 Å². The van der Waals surface area contributed by atoms with Crippen LogP contribution in [0.15, 0.2) is 29.2 Å². The summed E-state index contributed by atoms with van der Waals surface area (Å²) in [7, 11) is -4.02. The summed E-state index contributed by atoms with van der Waals surface area (Å²) in [5.74, 6) is -2.13. The smallest absolute Gasteiger partial charge is 0.321 e. The lowest BCUT2D eigenvalue weighted by molar-refractivity contribution is -0.140. The SMILES string of the molecule is O=C(O)CC[C@H](NS(=O)(=O)c1ccc(C2CCCCC2)cc1)C(=O)O. The number of rotatable bonds is 8. The summed E-state index contributed by atoms with van der Waals surface area (Å²) in [6.07, 6.45) is 5.04. The Labute approximate surface area is 147 Å². The second kappa shape index (κ2) is 8.44. The summed E-state index contributed by atoms with van der Waals surface area (Å²) < 4.78 is 26.8. The van der Waals surface area contributed by atoms with Crippen molar-refractivity contribution in [2.24, 2.45) is 0 Å². The van der Waals surface area contributed by atoms with Gasteiger partial charge in [0.2, 0.25) is 10.0 Å². The Kier molecular flexibility index (Phi) is 6.55. The lowest BCUT2D eigenvalue weighted by Gasteiger charge is -2.22. The largest absolute Gasteiger partial charge is 0.481 e. The third-order valence-electron chi connectivity index (χ3n) is 4.51. The van der Waals surface area contributed by atoms with Crippen LogP contribution in [0.5, 0.6) is 0 Å². The van der Waals surface area contributed by atoms with Gasteiger partial charge in [0.25, 0.3) is 0 Å². The molecule has 0 bridgehead atoms. The zero-order valence-corrected chi connectivity index (χ0v) is 14.7. The predicted octanol–water partition coefficient (Wildman–Crippen LogP) is 2.33. The Morgan fingerprint density at radius 2 is 1.68 bits per heavy atom. The average Bonchev–Trinajstić information content (AvgIpc) is 2.59. The highest BCUT2D eigenvalue weighted by Gasteiger charge is 2.26. The first-order chi connectivity index (χ1) is 11.8. The Bertz CT molecular complexity index is 707. The van der Waals surface area contributed by atoms with Crippen molar-refractivity contribution in [1.29, 1.82) is 0 Å². The number of hydrogen-bond donors (Lipinski definition) is 3. The van der Waals surface area contributed by atoms with Crippen LogP contribution in [0, 0.1) is 0 Å². The Balaban J connectivity index is 2.09. The second-order valence-corrected chi connectivity index (χ2v) is 8.06. The van der Waals surface area contributed by atoms with E-state index in [0.717, 1.165) is 18.4 Å². The fourth-order valence-electron chi connectivity index (χ4n) is 3.11. The lowest BCUT2D eigenvalue weighted by atomic mass is 9.84. The van der Waals surface area contributed by atoms with Crippen LogP contribution in [-0.2, 0) is 19.6 Å². The zero-order valence-electron chi connectivity index (χ0n) is 13.8. The topological polar surface area (TPSA) is 121 Å². The number of benzene rings is 1. The molecule has 1 aromatic rings. The molecular weight excluding hydrogens is 346 g/mol. The second-order valence-electron chi connectivity index (χ2n) is 6.35. The van der Waals surface area contributed by atoms with Crippen molar-refractivity contribution in [3.63, 3.8) is 0 Å². The van der Waals surface area contributed by atoms with E-state index >= 15 is 0 Å². The standard InChI is InChI=1S/C17H23NO6S/c19-16(20)11-10-15(17(21)22)18-25(23,24)14-8-6-13(7-9-14)12-4-2-1-3-5-12/h6-9,12,15,18H,1-5,10-11H2,(H,19,20)(H,21,22)/t15-/m0/s1. The Hall–Kier alpha value is -1.93. The van der Waals surface area contributed by atoms with Gasteiger partial charge in [-0.3, -0.25) is 9.59 Å². The summed E-state index contributed by atoms with van der Waals surface area (Å²) in [6.45, 7) is 0. The number of carboxylic acids is 2. The molecule has 25 heavy (non-hydrogen) atoms. The van der Waals surface area contributed by atoms with Crippen LogP contribution >= 0.6 is 0 Å². The maximum Gasteiger partial charge on any atom is 0.321 e. The summed E-state index contributed by atoms with van der Waals surface area (Å²) >= 11 is 0. The van der Waals surface area contributed by atoms with E-state index < -0.39 is 34.4 Å². The summed E-state index contributed by atoms with van der Waals surface area (Å²) in [4.78, 5) is 21.7. The van der Waals surface area contributed by atoms with Crippen LogP contribution in [0.25, 0.3) is 0 Å². The van der Waals surface area contributed by atoms with E-state index in [4.69, 9.17) is 10.2 Å². The molecule has 0 saturated heterocycles. The summed E-state index contributed by atoms with van der Waals surface area (Å²) in [5, 5.41) is 17.7. The monoisotopic (exact) mass is 369 g/mol. The molecular formula is C17H23NO6S. The van der Waals surface area contributed by atoms with E-state index in [9.17, 15) is 18.0 Å². The van der Waals surface area contributed by atoms with Crippen LogP contribution in [0.4, 0.5) is 0 Å². The van der Waals surface area contributed by atoms with Gasteiger partial charge in [0.05, 0.1) is 4.90 Å². The minimum Gasteiger partial charge on any atom is -0.481 e. The highest BCUT2D eigenvalue weighted by atomic mass is 32.2. The van der Waals surface area contributed by atoms with E-state index in [-0.39, 0.29) is 11.3 Å². The van der Waals surface area contributed by atoms with Crippen LogP contribution in [-0.4, -0.2) is 36.6 Å². The first-order valence-electron chi connectivity index (χ1n) is 8.36. The van der Waals surface area contributed by atoms with Gasteiger partial charge in [-0.1, -0.05) is 31.4 Å². The van der Waals surface area contributed by atoms with Gasteiger partial charge in [0.15, 0.2) is 0 Å². The molecule has 0 amide bonds. The fraction of sp³-hybridized carbons (Fsp3) is 0.529. The molecule has 3 N–H and O–H groups in total. The highest BCUT2D eigenvalue weighted by Crippen LogP contribution is 2.32. The van der Waals surface area contributed by atoms with Gasteiger partial charge in [-0.15, -0.1) is 0 Å². The molecule has 1 atom stereocenters. The van der Waals surface area contributed by atoms with Gasteiger partial charge in [-0.2, -0.15) is 4.72 Å². The van der Waals surface area contributed by atoms with Gasteiger partial charge < -0.3 is 10.2 Å². The van der Waals surface area contributed by atoms with E-state index in [1.165, 1.54) is 31.4 Å². The van der Waals surface area contributed by atoms with Crippen molar-refractivity contribution in [2.45, 2.75) is 61.8 Å². The molecule has 8 heteroatoms. The van der Waals surface area contributed by atoms with Crippen LogP contribution in [0.1, 0.15) is 56.4 Å². The molecule has 0 unspecified atom stereocenters.